The zero-order chi connectivity index (χ0) is 8.27. The molecule has 0 N–H and O–H groups in total. The van der Waals surface area contributed by atoms with E-state index in [0.29, 0.717) is 0 Å². The fourth-order valence-corrected chi connectivity index (χ4v) is 1.96. The summed E-state index contributed by atoms with van der Waals surface area (Å²) in [5.41, 5.74) is 1.05. The normalized spacial score (nSPS) is 12.2. The lowest BCUT2D eigenvalue weighted by atomic mass is 10.2. The lowest BCUT2D eigenvalue weighted by Crippen LogP contribution is -1.83. The van der Waals surface area contributed by atoms with Crippen molar-refractivity contribution in [2.24, 2.45) is 4.99 Å². The fraction of sp³-hybridized carbons (Fsp3) is 0.286. The lowest BCUT2D eigenvalue weighted by Gasteiger charge is -1.96. The molecule has 0 aliphatic heterocycles. The largest absolute Gasteiger partial charge is 0.235 e. The maximum Gasteiger partial charge on any atom is 0.235 e. The molecule has 1 aromatic heterocycles. The quantitative estimate of drug-likeness (QED) is 0.569. The summed E-state index contributed by atoms with van der Waals surface area (Å²) in [6.45, 7) is 1.86. The Balaban J connectivity index is 2.84. The van der Waals surface area contributed by atoms with Gasteiger partial charge in [-0.3, -0.25) is 0 Å². The maximum atomic E-state index is 9.90. The third kappa shape index (κ3) is 2.26. The van der Waals surface area contributed by atoms with Crippen molar-refractivity contribution >= 4 is 33.3 Å². The van der Waals surface area contributed by atoms with Crippen LogP contribution in [0.3, 0.4) is 0 Å². The summed E-state index contributed by atoms with van der Waals surface area (Å²) in [6.07, 6.45) is 1.54. The highest BCUT2D eigenvalue weighted by atomic mass is 79.9. The second-order valence-corrected chi connectivity index (χ2v) is 4.37. The number of aliphatic imine (C=N–C) groups is 1. The van der Waals surface area contributed by atoms with Gasteiger partial charge >= 0.3 is 0 Å². The first-order valence-electron chi connectivity index (χ1n) is 3.05. The van der Waals surface area contributed by atoms with Gasteiger partial charge in [-0.15, -0.1) is 11.3 Å². The molecule has 1 unspecified atom stereocenters. The van der Waals surface area contributed by atoms with Crippen molar-refractivity contribution in [2.75, 3.05) is 0 Å². The van der Waals surface area contributed by atoms with Crippen molar-refractivity contribution < 1.29 is 4.79 Å². The molecule has 0 aliphatic carbocycles. The van der Waals surface area contributed by atoms with Crippen LogP contribution in [0.25, 0.3) is 0 Å². The Hall–Kier alpha value is -0.440. The van der Waals surface area contributed by atoms with Crippen LogP contribution in [0.4, 0.5) is 0 Å². The van der Waals surface area contributed by atoms with Crippen LogP contribution >= 0.6 is 27.3 Å². The van der Waals surface area contributed by atoms with Gasteiger partial charge in [-0.1, -0.05) is 0 Å². The molecule has 1 atom stereocenters. The van der Waals surface area contributed by atoms with E-state index in [0.717, 1.165) is 9.35 Å². The first-order chi connectivity index (χ1) is 5.24. The van der Waals surface area contributed by atoms with Gasteiger partial charge in [-0.05, 0) is 39.9 Å². The van der Waals surface area contributed by atoms with Crippen LogP contribution in [-0.2, 0) is 4.79 Å². The summed E-state index contributed by atoms with van der Waals surface area (Å²) in [6, 6.07) is 1.88. The molecule has 0 amide bonds. The van der Waals surface area contributed by atoms with E-state index in [2.05, 4.69) is 20.9 Å². The summed E-state index contributed by atoms with van der Waals surface area (Å²) >= 11 is 4.92. The molecule has 0 saturated carbocycles. The average Bonchev–Trinajstić information content (AvgIpc) is 2.36. The van der Waals surface area contributed by atoms with Gasteiger partial charge in [0, 0.05) is 0 Å². The lowest BCUT2D eigenvalue weighted by molar-refractivity contribution is 0.559. The highest BCUT2D eigenvalue weighted by Crippen LogP contribution is 2.26. The van der Waals surface area contributed by atoms with Gasteiger partial charge in [-0.25, -0.2) is 4.79 Å². The van der Waals surface area contributed by atoms with E-state index in [4.69, 9.17) is 0 Å². The summed E-state index contributed by atoms with van der Waals surface area (Å²) < 4.78 is 1.06. The number of hydrogen-bond donors (Lipinski definition) is 0. The van der Waals surface area contributed by atoms with Gasteiger partial charge in [0.15, 0.2) is 0 Å². The number of halogens is 1. The van der Waals surface area contributed by atoms with E-state index in [1.54, 1.807) is 11.3 Å². The molecule has 58 valence electrons. The van der Waals surface area contributed by atoms with E-state index in [-0.39, 0.29) is 6.04 Å². The van der Waals surface area contributed by atoms with E-state index in [1.165, 1.54) is 6.08 Å². The van der Waals surface area contributed by atoms with Crippen LogP contribution in [0.1, 0.15) is 18.5 Å². The summed E-state index contributed by atoms with van der Waals surface area (Å²) in [5.74, 6) is 0. The summed E-state index contributed by atoms with van der Waals surface area (Å²) in [7, 11) is 0. The zero-order valence-corrected chi connectivity index (χ0v) is 8.28. The van der Waals surface area contributed by atoms with Crippen molar-refractivity contribution in [2.45, 2.75) is 13.0 Å². The molecule has 1 rings (SSSR count). The minimum absolute atomic E-state index is 0.0740. The first-order valence-corrected chi connectivity index (χ1v) is 4.72. The second-order valence-electron chi connectivity index (χ2n) is 2.08. The van der Waals surface area contributed by atoms with Crippen molar-refractivity contribution in [3.05, 3.63) is 20.8 Å². The van der Waals surface area contributed by atoms with Crippen LogP contribution < -0.4 is 0 Å². The Kier molecular flexibility index (Phi) is 3.00. The smallest absolute Gasteiger partial charge is 0.211 e. The fourth-order valence-electron chi connectivity index (χ4n) is 0.696. The number of nitrogens with zero attached hydrogens (tertiary/aromatic N) is 1. The number of thiophene rings is 1. The molecule has 11 heavy (non-hydrogen) atoms. The number of hydrogen-bond acceptors (Lipinski definition) is 3. The Morgan fingerprint density at radius 2 is 2.55 bits per heavy atom. The Morgan fingerprint density at radius 3 is 3.00 bits per heavy atom. The monoisotopic (exact) mass is 231 g/mol. The van der Waals surface area contributed by atoms with Crippen LogP contribution in [0, 0.1) is 0 Å². The molecule has 0 aromatic carbocycles. The van der Waals surface area contributed by atoms with Crippen molar-refractivity contribution in [3.8, 4) is 0 Å². The molecule has 4 heteroatoms. The minimum atomic E-state index is -0.0740. The summed E-state index contributed by atoms with van der Waals surface area (Å²) in [5, 5.41) is 1.97. The van der Waals surface area contributed by atoms with Crippen molar-refractivity contribution in [3.63, 3.8) is 0 Å². The maximum absolute atomic E-state index is 9.90. The van der Waals surface area contributed by atoms with Crippen LogP contribution in [-0.4, -0.2) is 6.08 Å². The predicted octanol–water partition coefficient (Wildman–Crippen LogP) is 2.91. The third-order valence-corrected chi connectivity index (χ3v) is 2.84. The molecular weight excluding hydrogens is 226 g/mol. The van der Waals surface area contributed by atoms with E-state index in [9.17, 15) is 4.79 Å². The molecule has 0 aliphatic rings. The molecule has 1 heterocycles. The van der Waals surface area contributed by atoms with E-state index < -0.39 is 0 Å². The Labute approximate surface area is 77.1 Å². The van der Waals surface area contributed by atoms with Gasteiger partial charge < -0.3 is 0 Å². The van der Waals surface area contributed by atoms with Crippen molar-refractivity contribution in [1.29, 1.82) is 0 Å². The Bertz CT molecular complexity index is 290. The van der Waals surface area contributed by atoms with Gasteiger partial charge in [-0.2, -0.15) is 4.99 Å². The second kappa shape index (κ2) is 3.81. The van der Waals surface area contributed by atoms with Gasteiger partial charge in [0.1, 0.15) is 0 Å². The molecule has 0 fully saturated rings. The SMILES string of the molecule is CC(N=C=O)c1csc(Br)c1. The molecule has 0 radical (unpaired) electrons. The molecule has 0 bridgehead atoms. The van der Waals surface area contributed by atoms with Crippen LogP contribution in [0.5, 0.6) is 0 Å². The van der Waals surface area contributed by atoms with Crippen molar-refractivity contribution in [1.82, 2.24) is 0 Å². The average molecular weight is 232 g/mol. The predicted molar refractivity (Wildman–Crippen MR) is 48.6 cm³/mol. The topological polar surface area (TPSA) is 29.4 Å². The first kappa shape index (κ1) is 8.65. The van der Waals surface area contributed by atoms with Gasteiger partial charge in [0.25, 0.3) is 0 Å². The molecule has 1 aromatic rings. The number of carbonyl (C=O) groups excluding carboxylic acids is 1. The standard InChI is InChI=1S/C7H6BrNOS/c1-5(9-4-10)6-2-7(8)11-3-6/h2-3,5H,1H3. The van der Waals surface area contributed by atoms with Gasteiger partial charge in [0.2, 0.25) is 6.08 Å². The summed E-state index contributed by atoms with van der Waals surface area (Å²) in [4.78, 5) is 13.5. The van der Waals surface area contributed by atoms with Crippen LogP contribution in [0.15, 0.2) is 20.2 Å². The molecular formula is C7H6BrNOS. The number of rotatable bonds is 2. The Morgan fingerprint density at radius 1 is 1.82 bits per heavy atom. The molecule has 0 spiro atoms. The highest BCUT2D eigenvalue weighted by Gasteiger charge is 2.04. The van der Waals surface area contributed by atoms with Crippen LogP contribution in [0.2, 0.25) is 0 Å². The highest BCUT2D eigenvalue weighted by molar-refractivity contribution is 9.11. The van der Waals surface area contributed by atoms with Gasteiger partial charge in [0.05, 0.1) is 9.83 Å². The zero-order valence-electron chi connectivity index (χ0n) is 5.87. The molecule has 2 nitrogen and oxygen atoms in total. The number of isocyanates is 1. The molecule has 0 saturated heterocycles. The third-order valence-electron chi connectivity index (χ3n) is 1.32. The minimum Gasteiger partial charge on any atom is -0.211 e. The van der Waals surface area contributed by atoms with E-state index in [1.807, 2.05) is 18.4 Å². The van der Waals surface area contributed by atoms with E-state index >= 15 is 0 Å².